The Morgan fingerprint density at radius 3 is 2.82 bits per heavy atom. The van der Waals surface area contributed by atoms with E-state index in [1.54, 1.807) is 11.3 Å². The summed E-state index contributed by atoms with van der Waals surface area (Å²) in [6, 6.07) is 3.93. The van der Waals surface area contributed by atoms with E-state index in [-0.39, 0.29) is 24.0 Å². The molecule has 6 nitrogen and oxygen atoms in total. The highest BCUT2D eigenvalue weighted by molar-refractivity contribution is 14.0. The largest absolute Gasteiger partial charge is 0.486 e. The lowest BCUT2D eigenvalue weighted by Gasteiger charge is -2.20. The maximum absolute atomic E-state index is 6.30. The van der Waals surface area contributed by atoms with E-state index in [1.165, 1.54) is 4.88 Å². The summed E-state index contributed by atoms with van der Waals surface area (Å²) in [5, 5.41) is 8.25. The number of ether oxygens (including phenoxy) is 2. The number of hydrogen-bond acceptors (Lipinski definition) is 5. The standard InChI is InChI=1S/C19H25ClN4O2S.HI/c1-3-14-11-23-17(27-14)12-24-19(21-4-2)22-6-5-13-9-15(20)18-16(10-13)25-7-8-26-18;/h9-11H,3-8,12H2,1-2H3,(H2,21,22,24);1H. The Kier molecular flexibility index (Phi) is 9.60. The Morgan fingerprint density at radius 1 is 1.25 bits per heavy atom. The number of aromatic nitrogens is 1. The number of nitrogens with one attached hydrogen (secondary N) is 2. The molecule has 0 bridgehead atoms. The number of aryl methyl sites for hydroxylation is 1. The first-order chi connectivity index (χ1) is 13.2. The van der Waals surface area contributed by atoms with Crippen molar-refractivity contribution >= 4 is 52.9 Å². The van der Waals surface area contributed by atoms with Crippen LogP contribution in [0.3, 0.4) is 0 Å². The Bertz CT molecular complexity index is 800. The van der Waals surface area contributed by atoms with Crippen molar-refractivity contribution in [2.75, 3.05) is 26.3 Å². The molecule has 1 aliphatic heterocycles. The third kappa shape index (κ3) is 6.38. The minimum absolute atomic E-state index is 0. The second-order valence-electron chi connectivity index (χ2n) is 6.05. The lowest BCUT2D eigenvalue weighted by atomic mass is 10.1. The molecule has 154 valence electrons. The molecule has 0 aliphatic carbocycles. The van der Waals surface area contributed by atoms with Crippen molar-refractivity contribution in [2.24, 2.45) is 4.99 Å². The third-order valence-corrected chi connectivity index (χ3v) is 5.44. The van der Waals surface area contributed by atoms with E-state index < -0.39 is 0 Å². The molecule has 9 heteroatoms. The van der Waals surface area contributed by atoms with Crippen molar-refractivity contribution in [1.29, 1.82) is 0 Å². The van der Waals surface area contributed by atoms with Crippen LogP contribution < -0.4 is 20.1 Å². The summed E-state index contributed by atoms with van der Waals surface area (Å²) in [6.07, 6.45) is 3.75. The van der Waals surface area contributed by atoms with Gasteiger partial charge in [0, 0.05) is 24.2 Å². The van der Waals surface area contributed by atoms with E-state index in [0.717, 1.165) is 48.2 Å². The Labute approximate surface area is 192 Å². The van der Waals surface area contributed by atoms with Crippen molar-refractivity contribution in [3.8, 4) is 11.5 Å². The molecule has 1 aliphatic rings. The van der Waals surface area contributed by atoms with Gasteiger partial charge < -0.3 is 20.1 Å². The third-order valence-electron chi connectivity index (χ3n) is 4.03. The normalized spacial score (nSPS) is 13.0. The molecule has 0 unspecified atom stereocenters. The van der Waals surface area contributed by atoms with E-state index >= 15 is 0 Å². The van der Waals surface area contributed by atoms with Crippen molar-refractivity contribution in [2.45, 2.75) is 33.2 Å². The summed E-state index contributed by atoms with van der Waals surface area (Å²) >= 11 is 8.02. The second kappa shape index (κ2) is 11.7. The Morgan fingerprint density at radius 2 is 2.07 bits per heavy atom. The van der Waals surface area contributed by atoms with Gasteiger partial charge >= 0.3 is 0 Å². The number of guanidine groups is 1. The van der Waals surface area contributed by atoms with Crippen LogP contribution in [0.4, 0.5) is 0 Å². The Hall–Kier alpha value is -1.26. The van der Waals surface area contributed by atoms with Crippen molar-refractivity contribution < 1.29 is 9.47 Å². The number of hydrogen-bond donors (Lipinski definition) is 2. The summed E-state index contributed by atoms with van der Waals surface area (Å²) in [7, 11) is 0. The molecule has 0 saturated carbocycles. The maximum Gasteiger partial charge on any atom is 0.191 e. The number of fused-ring (bicyclic) bond motifs is 1. The number of halogens is 2. The molecule has 2 N–H and O–H groups in total. The fraction of sp³-hybridized carbons (Fsp3) is 0.474. The van der Waals surface area contributed by atoms with Crippen LogP contribution in [0.25, 0.3) is 0 Å². The molecule has 2 aromatic rings. The highest BCUT2D eigenvalue weighted by Gasteiger charge is 2.16. The fourth-order valence-electron chi connectivity index (χ4n) is 2.71. The van der Waals surface area contributed by atoms with Crippen LogP contribution in [-0.4, -0.2) is 37.2 Å². The number of thiazole rings is 1. The second-order valence-corrected chi connectivity index (χ2v) is 7.65. The van der Waals surface area contributed by atoms with Crippen molar-refractivity contribution in [3.05, 3.63) is 38.8 Å². The van der Waals surface area contributed by atoms with Crippen LogP contribution in [0.5, 0.6) is 11.5 Å². The molecule has 0 saturated heterocycles. The molecular formula is C19H26ClIN4O2S. The molecule has 0 atom stereocenters. The van der Waals surface area contributed by atoms with Crippen LogP contribution in [0.1, 0.15) is 29.3 Å². The van der Waals surface area contributed by atoms with Gasteiger partial charge in [-0.05, 0) is 37.5 Å². The van der Waals surface area contributed by atoms with E-state index in [4.69, 9.17) is 21.1 Å². The van der Waals surface area contributed by atoms with Gasteiger partial charge in [-0.1, -0.05) is 18.5 Å². The summed E-state index contributed by atoms with van der Waals surface area (Å²) in [4.78, 5) is 10.3. The number of nitrogens with zero attached hydrogens (tertiary/aromatic N) is 2. The highest BCUT2D eigenvalue weighted by atomic mass is 127. The van der Waals surface area contributed by atoms with Crippen molar-refractivity contribution in [3.63, 3.8) is 0 Å². The molecule has 0 radical (unpaired) electrons. The van der Waals surface area contributed by atoms with Gasteiger partial charge in [-0.15, -0.1) is 35.3 Å². The molecule has 1 aromatic heterocycles. The molecule has 0 spiro atoms. The number of benzene rings is 1. The van der Waals surface area contributed by atoms with Gasteiger partial charge in [0.05, 0.1) is 11.6 Å². The SMILES string of the molecule is CCNC(=NCc1ncc(CC)s1)NCCc1cc(Cl)c2c(c1)OCCO2.I. The van der Waals surface area contributed by atoms with Crippen LogP contribution in [0, 0.1) is 0 Å². The summed E-state index contributed by atoms with van der Waals surface area (Å²) in [6.45, 7) is 7.40. The first kappa shape index (κ1) is 23.0. The molecule has 2 heterocycles. The predicted molar refractivity (Wildman–Crippen MR) is 126 cm³/mol. The smallest absolute Gasteiger partial charge is 0.191 e. The quantitative estimate of drug-likeness (QED) is 0.318. The van der Waals surface area contributed by atoms with E-state index in [0.29, 0.717) is 30.5 Å². The lowest BCUT2D eigenvalue weighted by Crippen LogP contribution is -2.38. The average molecular weight is 537 g/mol. The van der Waals surface area contributed by atoms with E-state index in [1.807, 2.05) is 18.3 Å². The summed E-state index contributed by atoms with van der Waals surface area (Å²) < 4.78 is 11.2. The predicted octanol–water partition coefficient (Wildman–Crippen LogP) is 4.05. The van der Waals surface area contributed by atoms with Gasteiger partial charge in [0.15, 0.2) is 17.5 Å². The summed E-state index contributed by atoms with van der Waals surface area (Å²) in [5.41, 5.74) is 1.10. The van der Waals surface area contributed by atoms with Gasteiger partial charge in [-0.3, -0.25) is 0 Å². The molecule has 0 fully saturated rings. The number of aliphatic imine (C=N–C) groups is 1. The van der Waals surface area contributed by atoms with Gasteiger partial charge in [0.1, 0.15) is 18.2 Å². The Balaban J connectivity index is 0.00000280. The van der Waals surface area contributed by atoms with Crippen molar-refractivity contribution in [1.82, 2.24) is 15.6 Å². The van der Waals surface area contributed by atoms with Gasteiger partial charge in [0.25, 0.3) is 0 Å². The first-order valence-corrected chi connectivity index (χ1v) is 10.4. The van der Waals surface area contributed by atoms with Crippen LogP contribution in [-0.2, 0) is 19.4 Å². The van der Waals surface area contributed by atoms with Crippen LogP contribution in [0.15, 0.2) is 23.3 Å². The maximum atomic E-state index is 6.30. The number of rotatable bonds is 7. The van der Waals surface area contributed by atoms with Gasteiger partial charge in [0.2, 0.25) is 0 Å². The van der Waals surface area contributed by atoms with E-state index in [9.17, 15) is 0 Å². The minimum Gasteiger partial charge on any atom is -0.486 e. The first-order valence-electron chi connectivity index (χ1n) is 9.23. The van der Waals surface area contributed by atoms with E-state index in [2.05, 4.69) is 34.5 Å². The molecule has 3 rings (SSSR count). The molecular weight excluding hydrogens is 511 g/mol. The zero-order chi connectivity index (χ0) is 19.1. The zero-order valence-corrected chi connectivity index (χ0v) is 20.0. The van der Waals surface area contributed by atoms with Crippen LogP contribution >= 0.6 is 46.9 Å². The van der Waals surface area contributed by atoms with Gasteiger partial charge in [-0.25, -0.2) is 9.98 Å². The van der Waals surface area contributed by atoms with Gasteiger partial charge in [-0.2, -0.15) is 0 Å². The molecule has 0 amide bonds. The lowest BCUT2D eigenvalue weighted by molar-refractivity contribution is 0.171. The highest BCUT2D eigenvalue weighted by Crippen LogP contribution is 2.38. The molecule has 1 aromatic carbocycles. The molecule has 28 heavy (non-hydrogen) atoms. The average Bonchev–Trinajstić information content (AvgIpc) is 3.14. The zero-order valence-electron chi connectivity index (χ0n) is 16.1. The monoisotopic (exact) mass is 536 g/mol. The summed E-state index contributed by atoms with van der Waals surface area (Å²) in [5.74, 6) is 2.15. The minimum atomic E-state index is 0. The van der Waals surface area contributed by atoms with Crippen LogP contribution in [0.2, 0.25) is 5.02 Å². The fourth-order valence-corrected chi connectivity index (χ4v) is 3.78. The topological polar surface area (TPSA) is 67.8 Å².